The number of carbonyl (C=O) groups is 1. The standard InChI is InChI=1S/C10H9F3O2/c1-15-6-9(14)7-2-4-8(5-3-7)10(11,12)13/h2-5H,6H2,1H3/i1D3,6D2. The fourth-order valence-electron chi connectivity index (χ4n) is 0.916. The van der Waals surface area contributed by atoms with Gasteiger partial charge in [0.2, 0.25) is 0 Å². The molecule has 1 aromatic rings. The van der Waals surface area contributed by atoms with Crippen LogP contribution in [0.3, 0.4) is 0 Å². The number of Topliss-reactive ketones (excluding diaryl/α,β-unsaturated/α-hetero) is 1. The normalized spacial score (nSPS) is 18.2. The highest BCUT2D eigenvalue weighted by atomic mass is 19.4. The van der Waals surface area contributed by atoms with Crippen LogP contribution >= 0.6 is 0 Å². The molecule has 0 aliphatic carbocycles. The zero-order chi connectivity index (χ0) is 15.8. The highest BCUT2D eigenvalue weighted by Crippen LogP contribution is 2.29. The second-order valence-electron chi connectivity index (χ2n) is 2.61. The molecule has 82 valence electrons. The molecule has 0 bridgehead atoms. The molecule has 0 radical (unpaired) electrons. The number of hydrogen-bond acceptors (Lipinski definition) is 2. The first-order chi connectivity index (χ1) is 8.83. The number of carbonyl (C=O) groups excluding carboxylic acids is 1. The van der Waals surface area contributed by atoms with Gasteiger partial charge in [-0.05, 0) is 12.1 Å². The van der Waals surface area contributed by atoms with Crippen LogP contribution in [-0.4, -0.2) is 19.4 Å². The molecule has 0 saturated heterocycles. The summed E-state index contributed by atoms with van der Waals surface area (Å²) in [7, 11) is -3.15. The fraction of sp³-hybridized carbons (Fsp3) is 0.300. The molecule has 0 fully saturated rings. The van der Waals surface area contributed by atoms with Gasteiger partial charge in [-0.15, -0.1) is 0 Å². The van der Waals surface area contributed by atoms with E-state index in [1.165, 1.54) is 0 Å². The molecule has 2 nitrogen and oxygen atoms in total. The van der Waals surface area contributed by atoms with E-state index in [1.54, 1.807) is 0 Å². The number of ketones is 1. The third-order valence-electron chi connectivity index (χ3n) is 1.62. The molecular formula is C10H9F3O2. The van der Waals surface area contributed by atoms with E-state index in [9.17, 15) is 18.0 Å². The average Bonchev–Trinajstić information content (AvgIpc) is 2.24. The van der Waals surface area contributed by atoms with Crippen molar-refractivity contribution < 1.29 is 29.6 Å². The minimum atomic E-state index is -4.59. The van der Waals surface area contributed by atoms with Crippen LogP contribution in [0.25, 0.3) is 0 Å². The number of rotatable bonds is 3. The fourth-order valence-corrected chi connectivity index (χ4v) is 0.916. The Hall–Kier alpha value is -1.36. The zero-order valence-corrected chi connectivity index (χ0v) is 7.26. The highest BCUT2D eigenvalue weighted by molar-refractivity contribution is 5.97. The monoisotopic (exact) mass is 223 g/mol. The Kier molecular flexibility index (Phi) is 1.86. The van der Waals surface area contributed by atoms with E-state index in [2.05, 4.69) is 4.74 Å². The summed E-state index contributed by atoms with van der Waals surface area (Å²) in [6.07, 6.45) is -4.59. The van der Waals surface area contributed by atoms with E-state index in [0.717, 1.165) is 12.1 Å². The van der Waals surface area contributed by atoms with Gasteiger partial charge in [-0.1, -0.05) is 12.1 Å². The van der Waals surface area contributed by atoms with Crippen LogP contribution < -0.4 is 0 Å². The lowest BCUT2D eigenvalue weighted by Gasteiger charge is -2.06. The predicted molar refractivity (Wildman–Crippen MR) is 47.7 cm³/mol. The highest BCUT2D eigenvalue weighted by Gasteiger charge is 2.30. The minimum absolute atomic E-state index is 0.424. The Morgan fingerprint density at radius 3 is 2.53 bits per heavy atom. The summed E-state index contributed by atoms with van der Waals surface area (Å²) in [5, 5.41) is 0. The Labute approximate surface area is 91.7 Å². The third-order valence-corrected chi connectivity index (χ3v) is 1.62. The lowest BCUT2D eigenvalue weighted by molar-refractivity contribution is -0.137. The molecule has 0 heterocycles. The van der Waals surface area contributed by atoms with Gasteiger partial charge in [0.25, 0.3) is 0 Å². The zero-order valence-electron chi connectivity index (χ0n) is 12.3. The lowest BCUT2D eigenvalue weighted by Crippen LogP contribution is -2.09. The number of hydrogen-bond donors (Lipinski definition) is 0. The summed E-state index contributed by atoms with van der Waals surface area (Å²) in [6, 6.07) is 2.70. The number of ether oxygens (including phenoxy) is 1. The van der Waals surface area contributed by atoms with Gasteiger partial charge >= 0.3 is 6.18 Å². The second kappa shape index (κ2) is 4.44. The molecule has 0 aliphatic heterocycles. The number of alkyl halides is 3. The molecule has 0 spiro atoms. The topological polar surface area (TPSA) is 26.3 Å². The molecule has 5 heteroatoms. The van der Waals surface area contributed by atoms with Crippen LogP contribution in [0.1, 0.15) is 22.8 Å². The van der Waals surface area contributed by atoms with E-state index in [-0.39, 0.29) is 0 Å². The molecule has 0 aliphatic rings. The van der Waals surface area contributed by atoms with E-state index in [0.29, 0.717) is 12.1 Å². The van der Waals surface area contributed by atoms with E-state index >= 15 is 0 Å². The largest absolute Gasteiger partial charge is 0.416 e. The van der Waals surface area contributed by atoms with Crippen molar-refractivity contribution >= 4 is 5.78 Å². The maximum absolute atomic E-state index is 12.3. The second-order valence-corrected chi connectivity index (χ2v) is 2.61. The molecule has 1 aromatic carbocycles. The van der Waals surface area contributed by atoms with E-state index < -0.39 is 36.7 Å². The Balaban J connectivity index is 2.98. The maximum atomic E-state index is 12.3. The number of methoxy groups -OCH3 is 1. The molecule has 0 atom stereocenters. The Morgan fingerprint density at radius 1 is 1.47 bits per heavy atom. The summed E-state index contributed by atoms with van der Waals surface area (Å²) < 4.78 is 75.6. The van der Waals surface area contributed by atoms with Crippen molar-refractivity contribution in [3.8, 4) is 0 Å². The van der Waals surface area contributed by atoms with E-state index in [4.69, 9.17) is 6.85 Å². The van der Waals surface area contributed by atoms with Crippen molar-refractivity contribution in [3.63, 3.8) is 0 Å². The van der Waals surface area contributed by atoms with Crippen molar-refractivity contribution in [2.75, 3.05) is 13.6 Å². The van der Waals surface area contributed by atoms with Crippen molar-refractivity contribution in [3.05, 3.63) is 35.4 Å². The van der Waals surface area contributed by atoms with Crippen LogP contribution in [0.4, 0.5) is 13.2 Å². The summed E-state index contributed by atoms with van der Waals surface area (Å²) in [6.45, 7) is -3.16. The van der Waals surface area contributed by atoms with Gasteiger partial charge in [0, 0.05) is 12.6 Å². The van der Waals surface area contributed by atoms with Crippen LogP contribution in [-0.2, 0) is 10.9 Å². The summed E-state index contributed by atoms with van der Waals surface area (Å²) in [4.78, 5) is 11.7. The molecule has 15 heavy (non-hydrogen) atoms. The van der Waals surface area contributed by atoms with Crippen LogP contribution in [0.5, 0.6) is 0 Å². The molecule has 0 N–H and O–H groups in total. The van der Waals surface area contributed by atoms with Crippen molar-refractivity contribution in [1.29, 1.82) is 0 Å². The minimum Gasteiger partial charge on any atom is -0.377 e. The molecule has 0 aromatic heterocycles. The van der Waals surface area contributed by atoms with Crippen molar-refractivity contribution in [2.45, 2.75) is 6.18 Å². The van der Waals surface area contributed by atoms with Crippen molar-refractivity contribution in [1.82, 2.24) is 0 Å². The van der Waals surface area contributed by atoms with Gasteiger partial charge in [-0.3, -0.25) is 4.79 Å². The molecular weight excluding hydrogens is 209 g/mol. The summed E-state index contributed by atoms with van der Waals surface area (Å²) in [5.41, 5.74) is -1.43. The molecule has 0 saturated carbocycles. The van der Waals surface area contributed by atoms with Crippen LogP contribution in [0.15, 0.2) is 24.3 Å². The lowest BCUT2D eigenvalue weighted by atomic mass is 10.1. The van der Waals surface area contributed by atoms with Gasteiger partial charge in [0.15, 0.2) is 5.78 Å². The smallest absolute Gasteiger partial charge is 0.377 e. The van der Waals surface area contributed by atoms with Gasteiger partial charge in [-0.2, -0.15) is 13.2 Å². The first-order valence-electron chi connectivity index (χ1n) is 6.25. The molecule has 1 rings (SSSR count). The first-order valence-corrected chi connectivity index (χ1v) is 3.75. The predicted octanol–water partition coefficient (Wildman–Crippen LogP) is 2.53. The summed E-state index contributed by atoms with van der Waals surface area (Å²) >= 11 is 0. The quantitative estimate of drug-likeness (QED) is 0.736. The third kappa shape index (κ3) is 3.06. The SMILES string of the molecule is [2H]C([2H])([2H])OC([2H])([2H])C(=O)c1ccc(C(F)(F)F)cc1. The van der Waals surface area contributed by atoms with Crippen LogP contribution in [0.2, 0.25) is 0 Å². The van der Waals surface area contributed by atoms with E-state index in [1.807, 2.05) is 0 Å². The van der Waals surface area contributed by atoms with Gasteiger partial charge in [0.05, 0.1) is 12.4 Å². The Morgan fingerprint density at radius 2 is 2.07 bits per heavy atom. The average molecular weight is 223 g/mol. The number of benzene rings is 1. The van der Waals surface area contributed by atoms with Gasteiger partial charge in [0.1, 0.15) is 6.56 Å². The van der Waals surface area contributed by atoms with Gasteiger partial charge < -0.3 is 4.74 Å². The number of halogens is 3. The Bertz CT molecular complexity index is 493. The van der Waals surface area contributed by atoms with Gasteiger partial charge in [-0.25, -0.2) is 0 Å². The molecule has 0 unspecified atom stereocenters. The van der Waals surface area contributed by atoms with Crippen LogP contribution in [0, 0.1) is 0 Å². The molecule has 0 amide bonds. The maximum Gasteiger partial charge on any atom is 0.416 e. The summed E-state index contributed by atoms with van der Waals surface area (Å²) in [5.74, 6) is -1.37. The first kappa shape index (κ1) is 6.27. The van der Waals surface area contributed by atoms with Crippen molar-refractivity contribution in [2.24, 2.45) is 0 Å².